The molecule has 2 saturated heterocycles. The first-order chi connectivity index (χ1) is 7.51. The van der Waals surface area contributed by atoms with E-state index in [0.717, 1.165) is 0 Å². The van der Waals surface area contributed by atoms with E-state index in [-0.39, 0.29) is 24.4 Å². The molecular weight excluding hydrogens is 207 g/mol. The van der Waals surface area contributed by atoms with E-state index in [1.807, 2.05) is 27.7 Å². The van der Waals surface area contributed by atoms with Crippen LogP contribution in [0.5, 0.6) is 0 Å². The van der Waals surface area contributed by atoms with Gasteiger partial charge in [-0.1, -0.05) is 0 Å². The predicted octanol–water partition coefficient (Wildman–Crippen LogP) is 0.825. The van der Waals surface area contributed by atoms with Crippen molar-refractivity contribution in [3.63, 3.8) is 0 Å². The Labute approximate surface area is 98.0 Å². The summed E-state index contributed by atoms with van der Waals surface area (Å²) in [4.78, 5) is 0. The molecule has 4 nitrogen and oxygen atoms in total. The van der Waals surface area contributed by atoms with Gasteiger partial charge in [0.25, 0.3) is 0 Å². The van der Waals surface area contributed by atoms with Gasteiger partial charge in [0, 0.05) is 12.6 Å². The van der Waals surface area contributed by atoms with Crippen molar-refractivity contribution in [1.29, 1.82) is 0 Å². The average molecular weight is 226 g/mol. The molecule has 5 heteroatoms. The molecule has 2 fully saturated rings. The van der Waals surface area contributed by atoms with Gasteiger partial charge in [-0.15, -0.1) is 0 Å². The average Bonchev–Trinajstić information content (AvgIpc) is 2.55. The molecule has 2 heterocycles. The van der Waals surface area contributed by atoms with Gasteiger partial charge < -0.3 is 18.9 Å². The molecule has 0 saturated carbocycles. The quantitative estimate of drug-likeness (QED) is 0.665. The molecule has 2 aliphatic rings. The molecule has 16 heavy (non-hydrogen) atoms. The van der Waals surface area contributed by atoms with Crippen molar-refractivity contribution >= 4 is 7.85 Å². The zero-order valence-corrected chi connectivity index (χ0v) is 10.3. The lowest BCUT2D eigenvalue weighted by Gasteiger charge is -2.35. The van der Waals surface area contributed by atoms with Crippen molar-refractivity contribution in [2.24, 2.45) is 0 Å². The predicted molar refractivity (Wildman–Crippen MR) is 59.3 cm³/mol. The van der Waals surface area contributed by atoms with Crippen LogP contribution >= 0.6 is 0 Å². The van der Waals surface area contributed by atoms with Crippen LogP contribution in [0.15, 0.2) is 0 Å². The highest BCUT2D eigenvalue weighted by atomic mass is 16.8. The Hall–Kier alpha value is -0.0951. The van der Waals surface area contributed by atoms with Crippen molar-refractivity contribution in [1.82, 2.24) is 0 Å². The second-order valence-electron chi connectivity index (χ2n) is 4.59. The van der Waals surface area contributed by atoms with Crippen LogP contribution in [0.4, 0.5) is 0 Å². The van der Waals surface area contributed by atoms with Gasteiger partial charge in [-0.25, -0.2) is 0 Å². The Kier molecular flexibility index (Phi) is 3.32. The van der Waals surface area contributed by atoms with Crippen molar-refractivity contribution in [3.05, 3.63) is 0 Å². The Morgan fingerprint density at radius 1 is 1.44 bits per heavy atom. The van der Waals surface area contributed by atoms with E-state index >= 15 is 0 Å². The molecule has 0 spiro atoms. The third-order valence-corrected chi connectivity index (χ3v) is 3.06. The summed E-state index contributed by atoms with van der Waals surface area (Å²) in [6.45, 7) is 8.36. The fraction of sp³-hybridized carbons (Fsp3) is 1.00. The molecule has 0 aromatic rings. The molecule has 2 aliphatic heterocycles. The summed E-state index contributed by atoms with van der Waals surface area (Å²) in [5, 5.41) is 0. The number of rotatable bonds is 4. The van der Waals surface area contributed by atoms with E-state index in [1.165, 1.54) is 0 Å². The highest BCUT2D eigenvalue weighted by molar-refractivity contribution is 6.11. The Morgan fingerprint density at radius 3 is 2.69 bits per heavy atom. The lowest BCUT2D eigenvalue weighted by molar-refractivity contribution is -0.293. The zero-order valence-electron chi connectivity index (χ0n) is 10.3. The molecule has 2 rings (SSSR count). The van der Waals surface area contributed by atoms with Crippen LogP contribution < -0.4 is 0 Å². The topological polar surface area (TPSA) is 36.9 Å². The van der Waals surface area contributed by atoms with Gasteiger partial charge >= 0.3 is 0 Å². The number of hydrogen-bond donors (Lipinski definition) is 0. The number of hydrogen-bond acceptors (Lipinski definition) is 4. The van der Waals surface area contributed by atoms with Crippen molar-refractivity contribution in [2.75, 3.05) is 6.61 Å². The maximum atomic E-state index is 5.86. The van der Waals surface area contributed by atoms with Crippen molar-refractivity contribution in [2.45, 2.75) is 63.9 Å². The van der Waals surface area contributed by atoms with Gasteiger partial charge in [0.05, 0.1) is 6.10 Å². The Balaban J connectivity index is 2.21. The highest BCUT2D eigenvalue weighted by Crippen LogP contribution is 2.46. The summed E-state index contributed by atoms with van der Waals surface area (Å²) in [6, 6.07) is -0.466. The van der Waals surface area contributed by atoms with Crippen LogP contribution in [0, 0.1) is 0 Å². The molecule has 2 radical (unpaired) electrons. The highest BCUT2D eigenvalue weighted by Gasteiger charge is 2.65. The maximum absolute atomic E-state index is 5.86. The second kappa shape index (κ2) is 4.29. The minimum atomic E-state index is -0.830. The van der Waals surface area contributed by atoms with Crippen LogP contribution in [0.3, 0.4) is 0 Å². The largest absolute Gasteiger partial charge is 0.367 e. The summed E-state index contributed by atoms with van der Waals surface area (Å²) in [6.07, 6.45) is -0.530. The summed E-state index contributed by atoms with van der Waals surface area (Å²) >= 11 is 0. The maximum Gasteiger partial charge on any atom is 0.224 e. The van der Waals surface area contributed by atoms with E-state index in [2.05, 4.69) is 0 Å². The lowest BCUT2D eigenvalue weighted by Crippen LogP contribution is -2.50. The third-order valence-electron chi connectivity index (χ3n) is 3.06. The van der Waals surface area contributed by atoms with Crippen LogP contribution in [0.1, 0.15) is 27.7 Å². The van der Waals surface area contributed by atoms with Crippen LogP contribution in [-0.2, 0) is 18.9 Å². The molecule has 90 valence electrons. The summed E-state index contributed by atoms with van der Waals surface area (Å²) in [7, 11) is 5.86. The van der Waals surface area contributed by atoms with Crippen LogP contribution in [0.25, 0.3) is 0 Å². The van der Waals surface area contributed by atoms with Crippen LogP contribution in [0.2, 0.25) is 0 Å². The molecule has 2 unspecified atom stereocenters. The van der Waals surface area contributed by atoms with Gasteiger partial charge in [-0.05, 0) is 27.7 Å². The molecular formula is C11H19BO4. The Bertz CT molecular complexity index is 260. The van der Waals surface area contributed by atoms with Gasteiger partial charge in [0.15, 0.2) is 0 Å². The SMILES string of the molecule is [B][C@@H]1O[C@]2(OCC)C(OC(C)C)C1O[C@H]2C. The monoisotopic (exact) mass is 226 g/mol. The summed E-state index contributed by atoms with van der Waals surface area (Å²) in [5.74, 6) is -0.830. The molecule has 0 aromatic heterocycles. The first-order valence-electron chi connectivity index (χ1n) is 5.89. The van der Waals surface area contributed by atoms with E-state index in [0.29, 0.717) is 6.61 Å². The van der Waals surface area contributed by atoms with E-state index in [1.54, 1.807) is 0 Å². The fourth-order valence-electron chi connectivity index (χ4n) is 2.48. The smallest absolute Gasteiger partial charge is 0.224 e. The molecule has 5 atom stereocenters. The van der Waals surface area contributed by atoms with Crippen LogP contribution in [-0.4, -0.2) is 50.7 Å². The van der Waals surface area contributed by atoms with Gasteiger partial charge in [0.1, 0.15) is 26.2 Å². The molecule has 0 amide bonds. The standard InChI is InChI=1S/C11H19BO4/c1-5-13-11-7(4)15-8(10(12)16-11)9(11)14-6(2)3/h6-10H,5H2,1-4H3/t7-,8?,9?,10+,11-/m0/s1. The normalized spacial score (nSPS) is 46.8. The van der Waals surface area contributed by atoms with E-state index in [9.17, 15) is 0 Å². The van der Waals surface area contributed by atoms with E-state index < -0.39 is 11.8 Å². The Morgan fingerprint density at radius 2 is 2.12 bits per heavy atom. The minimum absolute atomic E-state index is 0.0927. The molecule has 2 bridgehead atoms. The number of ether oxygens (including phenoxy) is 4. The minimum Gasteiger partial charge on any atom is -0.367 e. The fourth-order valence-corrected chi connectivity index (χ4v) is 2.48. The van der Waals surface area contributed by atoms with Crippen molar-refractivity contribution in [3.8, 4) is 0 Å². The molecule has 0 aliphatic carbocycles. The molecule has 0 N–H and O–H groups in total. The van der Waals surface area contributed by atoms with Crippen molar-refractivity contribution < 1.29 is 18.9 Å². The van der Waals surface area contributed by atoms with Gasteiger partial charge in [-0.2, -0.15) is 0 Å². The third kappa shape index (κ3) is 1.70. The van der Waals surface area contributed by atoms with Gasteiger partial charge in [-0.3, -0.25) is 0 Å². The second-order valence-corrected chi connectivity index (χ2v) is 4.59. The molecule has 0 aromatic carbocycles. The lowest BCUT2D eigenvalue weighted by atomic mass is 9.93. The number of fused-ring (bicyclic) bond motifs is 2. The van der Waals surface area contributed by atoms with Gasteiger partial charge in [0.2, 0.25) is 5.79 Å². The zero-order chi connectivity index (χ0) is 11.9. The summed E-state index contributed by atoms with van der Waals surface area (Å²) < 4.78 is 23.0. The summed E-state index contributed by atoms with van der Waals surface area (Å²) in [5.41, 5.74) is 0. The van der Waals surface area contributed by atoms with E-state index in [4.69, 9.17) is 26.8 Å². The first-order valence-corrected chi connectivity index (χ1v) is 5.89. The first kappa shape index (κ1) is 12.4.